The molecule has 0 amide bonds. The van der Waals surface area contributed by atoms with Crippen LogP contribution in [0.4, 0.5) is 0 Å². The van der Waals surface area contributed by atoms with E-state index in [0.29, 0.717) is 19.1 Å². The number of ether oxygens (including phenoxy) is 4. The van der Waals surface area contributed by atoms with Crippen molar-refractivity contribution < 1.29 is 33.3 Å². The van der Waals surface area contributed by atoms with Gasteiger partial charge in [-0.15, -0.1) is 0 Å². The molecular weight excluding hydrogens is 414 g/mol. The maximum absolute atomic E-state index is 11.3. The summed E-state index contributed by atoms with van der Waals surface area (Å²) in [7, 11) is 1.63. The highest BCUT2D eigenvalue weighted by Crippen LogP contribution is 2.28. The zero-order valence-corrected chi connectivity index (χ0v) is 19.0. The molecule has 1 unspecified atom stereocenters. The van der Waals surface area contributed by atoms with Gasteiger partial charge in [-0.3, -0.25) is 0 Å². The van der Waals surface area contributed by atoms with Crippen LogP contribution in [0.25, 0.3) is 11.5 Å². The Morgan fingerprint density at radius 2 is 2.06 bits per heavy atom. The number of oxazole rings is 1. The number of aromatic nitrogens is 1. The van der Waals surface area contributed by atoms with Gasteiger partial charge in [0.2, 0.25) is 5.89 Å². The molecule has 1 aliphatic rings. The number of methoxy groups -OCH3 is 1. The normalized spacial score (nSPS) is 19.6. The van der Waals surface area contributed by atoms with Gasteiger partial charge in [0.05, 0.1) is 32.5 Å². The van der Waals surface area contributed by atoms with Gasteiger partial charge in [0.25, 0.3) is 0 Å². The molecule has 1 fully saturated rings. The molecule has 0 spiro atoms. The number of hydrogen-bond acceptors (Lipinski definition) is 7. The van der Waals surface area contributed by atoms with Crippen LogP contribution in [0, 0.1) is 6.92 Å². The Balaban J connectivity index is 1.51. The van der Waals surface area contributed by atoms with Crippen LogP contribution in [-0.2, 0) is 25.6 Å². The molecule has 1 saturated carbocycles. The Bertz CT molecular complexity index is 866. The maximum atomic E-state index is 11.3. The molecule has 176 valence electrons. The standard InChI is InChI=1S/C24H33NO7/c1-4-11-29-22(24(26)27)15-31-20-10-6-9-19(13-20)30-14-21-16(2)32-23(25-21)17-7-5-8-18(12-17)28-3/h5,7-8,12,19-20,22H,4,6,9-11,13-15H2,1-3H3,(H,26,27)/t19-,20+,22?/m0/s1. The summed E-state index contributed by atoms with van der Waals surface area (Å²) in [4.78, 5) is 15.9. The summed E-state index contributed by atoms with van der Waals surface area (Å²) in [5, 5.41) is 9.28. The summed E-state index contributed by atoms with van der Waals surface area (Å²) in [5.41, 5.74) is 1.62. The van der Waals surface area contributed by atoms with E-state index < -0.39 is 12.1 Å². The van der Waals surface area contributed by atoms with Crippen LogP contribution in [0.15, 0.2) is 28.7 Å². The van der Waals surface area contributed by atoms with Crippen molar-refractivity contribution in [2.75, 3.05) is 20.3 Å². The SMILES string of the molecule is CCCOC(CO[C@@H]1CCC[C@H](OCc2nc(-c3cccc(OC)c3)oc2C)C1)C(=O)O. The zero-order valence-electron chi connectivity index (χ0n) is 19.0. The average molecular weight is 448 g/mol. The second kappa shape index (κ2) is 12.0. The quantitative estimate of drug-likeness (QED) is 0.512. The van der Waals surface area contributed by atoms with Crippen molar-refractivity contribution in [3.8, 4) is 17.2 Å². The maximum Gasteiger partial charge on any atom is 0.335 e. The lowest BCUT2D eigenvalue weighted by atomic mass is 9.95. The largest absolute Gasteiger partial charge is 0.497 e. The van der Waals surface area contributed by atoms with Crippen molar-refractivity contribution in [2.45, 2.75) is 70.9 Å². The molecule has 0 saturated heterocycles. The van der Waals surface area contributed by atoms with Crippen LogP contribution in [-0.4, -0.2) is 54.7 Å². The number of rotatable bonds is 12. The third kappa shape index (κ3) is 6.79. The molecule has 1 aliphatic carbocycles. The van der Waals surface area contributed by atoms with E-state index in [2.05, 4.69) is 4.98 Å². The summed E-state index contributed by atoms with van der Waals surface area (Å²) >= 11 is 0. The Hall–Kier alpha value is -2.42. The second-order valence-electron chi connectivity index (χ2n) is 8.01. The molecule has 1 aromatic carbocycles. The van der Waals surface area contributed by atoms with Gasteiger partial charge in [-0.25, -0.2) is 9.78 Å². The number of benzene rings is 1. The molecule has 2 aromatic rings. The van der Waals surface area contributed by atoms with Crippen molar-refractivity contribution in [2.24, 2.45) is 0 Å². The Kier molecular flexibility index (Phi) is 9.08. The van der Waals surface area contributed by atoms with E-state index in [1.165, 1.54) is 0 Å². The number of nitrogens with zero attached hydrogens (tertiary/aromatic N) is 1. The third-order valence-electron chi connectivity index (χ3n) is 5.52. The number of carboxylic acid groups (broad SMARTS) is 1. The van der Waals surface area contributed by atoms with Crippen molar-refractivity contribution in [3.05, 3.63) is 35.7 Å². The smallest absolute Gasteiger partial charge is 0.335 e. The molecule has 1 N–H and O–H groups in total. The van der Waals surface area contributed by atoms with Crippen LogP contribution in [0.1, 0.15) is 50.5 Å². The van der Waals surface area contributed by atoms with Crippen LogP contribution >= 0.6 is 0 Å². The minimum atomic E-state index is -0.990. The first-order chi connectivity index (χ1) is 15.5. The van der Waals surface area contributed by atoms with Crippen LogP contribution < -0.4 is 4.74 Å². The predicted octanol–water partition coefficient (Wildman–Crippen LogP) is 4.38. The minimum absolute atomic E-state index is 0.0324. The van der Waals surface area contributed by atoms with Crippen LogP contribution in [0.2, 0.25) is 0 Å². The van der Waals surface area contributed by atoms with Gasteiger partial charge in [0.15, 0.2) is 6.10 Å². The van der Waals surface area contributed by atoms with E-state index >= 15 is 0 Å². The Morgan fingerprint density at radius 3 is 2.78 bits per heavy atom. The number of carbonyl (C=O) groups is 1. The lowest BCUT2D eigenvalue weighted by Crippen LogP contribution is -2.34. The molecule has 32 heavy (non-hydrogen) atoms. The van der Waals surface area contributed by atoms with Crippen molar-refractivity contribution in [3.63, 3.8) is 0 Å². The average Bonchev–Trinajstić information content (AvgIpc) is 3.18. The third-order valence-corrected chi connectivity index (χ3v) is 5.52. The molecule has 3 rings (SSSR count). The molecule has 1 heterocycles. The molecule has 8 nitrogen and oxygen atoms in total. The summed E-state index contributed by atoms with van der Waals surface area (Å²) < 4.78 is 28.5. The zero-order chi connectivity index (χ0) is 22.9. The second-order valence-corrected chi connectivity index (χ2v) is 8.01. The summed E-state index contributed by atoms with van der Waals surface area (Å²) in [6.45, 7) is 4.64. The van der Waals surface area contributed by atoms with Gasteiger partial charge in [0, 0.05) is 12.2 Å². The molecule has 0 aliphatic heterocycles. The Morgan fingerprint density at radius 1 is 1.28 bits per heavy atom. The van der Waals surface area contributed by atoms with Crippen LogP contribution in [0.3, 0.4) is 0 Å². The fourth-order valence-electron chi connectivity index (χ4n) is 3.72. The highest BCUT2D eigenvalue weighted by atomic mass is 16.6. The first kappa shape index (κ1) is 24.2. The van der Waals surface area contributed by atoms with E-state index in [1.54, 1.807) is 7.11 Å². The van der Waals surface area contributed by atoms with Crippen molar-refractivity contribution >= 4 is 5.97 Å². The van der Waals surface area contributed by atoms with Gasteiger partial charge >= 0.3 is 5.97 Å². The molecule has 8 heteroatoms. The summed E-state index contributed by atoms with van der Waals surface area (Å²) in [6.07, 6.45) is 3.36. The van der Waals surface area contributed by atoms with Crippen molar-refractivity contribution in [1.82, 2.24) is 4.98 Å². The van der Waals surface area contributed by atoms with E-state index in [0.717, 1.165) is 54.9 Å². The molecule has 1 aromatic heterocycles. The summed E-state index contributed by atoms with van der Waals surface area (Å²) in [6, 6.07) is 7.58. The van der Waals surface area contributed by atoms with Crippen molar-refractivity contribution in [1.29, 1.82) is 0 Å². The summed E-state index contributed by atoms with van der Waals surface area (Å²) in [5.74, 6) is 1.02. The van der Waals surface area contributed by atoms with E-state index in [1.807, 2.05) is 38.1 Å². The van der Waals surface area contributed by atoms with Gasteiger partial charge in [0.1, 0.15) is 17.2 Å². The molecule has 0 bridgehead atoms. The predicted molar refractivity (Wildman–Crippen MR) is 118 cm³/mol. The number of carboxylic acids is 1. The monoisotopic (exact) mass is 447 g/mol. The number of hydrogen-bond donors (Lipinski definition) is 1. The number of aliphatic carboxylic acids is 1. The van der Waals surface area contributed by atoms with Gasteiger partial charge in [-0.1, -0.05) is 13.0 Å². The highest BCUT2D eigenvalue weighted by molar-refractivity contribution is 5.72. The first-order valence-electron chi connectivity index (χ1n) is 11.2. The first-order valence-corrected chi connectivity index (χ1v) is 11.2. The number of aryl methyl sites for hydroxylation is 1. The minimum Gasteiger partial charge on any atom is -0.497 e. The van der Waals surface area contributed by atoms with Gasteiger partial charge in [-0.05, 0) is 57.2 Å². The van der Waals surface area contributed by atoms with E-state index in [4.69, 9.17) is 23.4 Å². The topological polar surface area (TPSA) is 100 Å². The Labute approximate surface area is 188 Å². The van der Waals surface area contributed by atoms with Gasteiger partial charge < -0.3 is 28.5 Å². The fourth-order valence-corrected chi connectivity index (χ4v) is 3.72. The van der Waals surface area contributed by atoms with E-state index in [9.17, 15) is 9.90 Å². The lowest BCUT2D eigenvalue weighted by molar-refractivity contribution is -0.157. The van der Waals surface area contributed by atoms with E-state index in [-0.39, 0.29) is 18.8 Å². The lowest BCUT2D eigenvalue weighted by Gasteiger charge is -2.29. The molecular formula is C24H33NO7. The van der Waals surface area contributed by atoms with Crippen LogP contribution in [0.5, 0.6) is 5.75 Å². The van der Waals surface area contributed by atoms with Gasteiger partial charge in [-0.2, -0.15) is 0 Å². The fraction of sp³-hybridized carbons (Fsp3) is 0.583. The molecule has 0 radical (unpaired) electrons. The highest BCUT2D eigenvalue weighted by Gasteiger charge is 2.26. The molecule has 3 atom stereocenters.